The van der Waals surface area contributed by atoms with E-state index in [1.54, 1.807) is 70.6 Å². The van der Waals surface area contributed by atoms with Crippen LogP contribution in [0, 0.1) is 5.41 Å². The third kappa shape index (κ3) is 6.64. The maximum atomic E-state index is 12.3. The van der Waals surface area contributed by atoms with Crippen molar-refractivity contribution in [2.75, 3.05) is 19.7 Å². The number of fused-ring (bicyclic) bond motifs is 1. The molecule has 12 nitrogen and oxygen atoms in total. The van der Waals surface area contributed by atoms with Crippen molar-refractivity contribution >= 4 is 28.9 Å². The molecule has 1 aromatic heterocycles. The molecular formula is C24H35N5O7. The summed E-state index contributed by atoms with van der Waals surface area (Å²) in [5, 5.41) is 5.26. The Kier molecular flexibility index (Phi) is 7.51. The lowest BCUT2D eigenvalue weighted by atomic mass is 9.79. The van der Waals surface area contributed by atoms with Gasteiger partial charge in [-0.05, 0) is 59.7 Å². The first-order chi connectivity index (χ1) is 16.6. The van der Waals surface area contributed by atoms with E-state index in [-0.39, 0.29) is 26.2 Å². The maximum absolute atomic E-state index is 12.3. The van der Waals surface area contributed by atoms with Crippen molar-refractivity contribution < 1.29 is 33.4 Å². The molecule has 1 fully saturated rings. The van der Waals surface area contributed by atoms with Crippen LogP contribution in [0.25, 0.3) is 10.9 Å². The third-order valence-electron chi connectivity index (χ3n) is 5.38. The number of primary amides is 1. The van der Waals surface area contributed by atoms with Crippen LogP contribution in [-0.4, -0.2) is 69.7 Å². The van der Waals surface area contributed by atoms with Gasteiger partial charge in [-0.15, -0.1) is 0 Å². The van der Waals surface area contributed by atoms with Crippen molar-refractivity contribution in [2.24, 2.45) is 17.0 Å². The van der Waals surface area contributed by atoms with Crippen LogP contribution in [0.1, 0.15) is 41.5 Å². The molecule has 1 aromatic carbocycles. The van der Waals surface area contributed by atoms with Gasteiger partial charge in [-0.1, -0.05) is 0 Å². The minimum Gasteiger partial charge on any atom is -0.490 e. The van der Waals surface area contributed by atoms with Gasteiger partial charge in [0.2, 0.25) is 12.0 Å². The molecule has 36 heavy (non-hydrogen) atoms. The molecule has 0 bridgehead atoms. The number of esters is 1. The summed E-state index contributed by atoms with van der Waals surface area (Å²) in [6.07, 6.45) is 0.177. The number of rotatable bonds is 8. The Morgan fingerprint density at radius 1 is 1.08 bits per heavy atom. The molecule has 0 saturated carbocycles. The summed E-state index contributed by atoms with van der Waals surface area (Å²) in [7, 11) is 0. The van der Waals surface area contributed by atoms with Crippen LogP contribution in [0.5, 0.6) is 5.75 Å². The number of ether oxygens (including phenoxy) is 3. The second-order valence-corrected chi connectivity index (χ2v) is 11.0. The highest BCUT2D eigenvalue weighted by Gasteiger charge is 2.51. The Morgan fingerprint density at radius 2 is 1.72 bits per heavy atom. The van der Waals surface area contributed by atoms with Crippen LogP contribution in [0.3, 0.4) is 0 Å². The standard InChI is InChI=1S/C24H35N5O7/c1-22(2,3)34-19(30)18(36-26)11-33-16-7-8-17-15(9-16)10-29(27-17)14-24(20(25)31)12-28(13-24)21(32)35-23(4,5)6/h7-10,18H,11-14,26H2,1-6H3,(H2,25,31)/t18-/m0/s1. The molecule has 2 amide bonds. The minimum absolute atomic E-state index is 0.143. The monoisotopic (exact) mass is 505 g/mol. The fourth-order valence-corrected chi connectivity index (χ4v) is 3.71. The molecule has 3 rings (SSSR count). The summed E-state index contributed by atoms with van der Waals surface area (Å²) < 4.78 is 18.0. The number of hydrogen-bond donors (Lipinski definition) is 2. The molecular weight excluding hydrogens is 470 g/mol. The maximum Gasteiger partial charge on any atom is 0.410 e. The van der Waals surface area contributed by atoms with Crippen LogP contribution in [0.4, 0.5) is 4.79 Å². The van der Waals surface area contributed by atoms with Crippen molar-refractivity contribution in [3.63, 3.8) is 0 Å². The summed E-state index contributed by atoms with van der Waals surface area (Å²) in [4.78, 5) is 42.9. The van der Waals surface area contributed by atoms with Gasteiger partial charge in [0.25, 0.3) is 0 Å². The van der Waals surface area contributed by atoms with Gasteiger partial charge in [-0.2, -0.15) is 5.10 Å². The molecule has 2 heterocycles. The van der Waals surface area contributed by atoms with Crippen molar-refractivity contribution in [2.45, 2.75) is 65.4 Å². The Morgan fingerprint density at radius 3 is 2.28 bits per heavy atom. The second kappa shape index (κ2) is 9.94. The average molecular weight is 506 g/mol. The summed E-state index contributed by atoms with van der Waals surface area (Å²) in [5.74, 6) is 4.57. The van der Waals surface area contributed by atoms with Crippen LogP contribution in [0.15, 0.2) is 24.4 Å². The molecule has 1 atom stereocenters. The van der Waals surface area contributed by atoms with Crippen molar-refractivity contribution in [3.05, 3.63) is 24.4 Å². The highest BCUT2D eigenvalue weighted by molar-refractivity contribution is 5.85. The fraction of sp³-hybridized carbons (Fsp3) is 0.583. The topological polar surface area (TPSA) is 161 Å². The van der Waals surface area contributed by atoms with E-state index in [9.17, 15) is 14.4 Å². The first-order valence-electron chi connectivity index (χ1n) is 11.6. The van der Waals surface area contributed by atoms with Crippen molar-refractivity contribution in [1.82, 2.24) is 14.7 Å². The van der Waals surface area contributed by atoms with E-state index in [0.29, 0.717) is 11.3 Å². The van der Waals surface area contributed by atoms with E-state index in [2.05, 4.69) is 5.10 Å². The van der Waals surface area contributed by atoms with Crippen LogP contribution in [-0.2, 0) is 30.4 Å². The van der Waals surface area contributed by atoms with Gasteiger partial charge in [0.05, 0.1) is 12.1 Å². The van der Waals surface area contributed by atoms with Gasteiger partial charge < -0.3 is 24.8 Å². The molecule has 2 aromatic rings. The quantitative estimate of drug-likeness (QED) is 0.402. The Hall–Kier alpha value is -3.38. The lowest BCUT2D eigenvalue weighted by Crippen LogP contribution is -2.66. The van der Waals surface area contributed by atoms with E-state index < -0.39 is 40.7 Å². The lowest BCUT2D eigenvalue weighted by molar-refractivity contribution is -0.171. The highest BCUT2D eigenvalue weighted by atomic mass is 16.7. The first-order valence-corrected chi connectivity index (χ1v) is 11.6. The predicted molar refractivity (Wildman–Crippen MR) is 130 cm³/mol. The second-order valence-electron chi connectivity index (χ2n) is 11.0. The van der Waals surface area contributed by atoms with E-state index in [4.69, 9.17) is 30.7 Å². The number of carbonyl (C=O) groups excluding carboxylic acids is 3. The van der Waals surface area contributed by atoms with Crippen LogP contribution >= 0.6 is 0 Å². The molecule has 12 heteroatoms. The number of amides is 2. The zero-order valence-electron chi connectivity index (χ0n) is 21.6. The number of hydrogen-bond acceptors (Lipinski definition) is 9. The Bertz CT molecular complexity index is 1130. The summed E-state index contributed by atoms with van der Waals surface area (Å²) in [5.41, 5.74) is 4.10. The molecule has 1 saturated heterocycles. The number of likely N-dealkylation sites (tertiary alicyclic amines) is 1. The molecule has 0 aliphatic carbocycles. The van der Waals surface area contributed by atoms with E-state index in [0.717, 1.165) is 5.39 Å². The number of benzene rings is 1. The van der Waals surface area contributed by atoms with Crippen LogP contribution < -0.4 is 16.4 Å². The van der Waals surface area contributed by atoms with E-state index in [1.165, 1.54) is 4.90 Å². The molecule has 4 N–H and O–H groups in total. The largest absolute Gasteiger partial charge is 0.490 e. The minimum atomic E-state index is -1.09. The Balaban J connectivity index is 1.66. The van der Waals surface area contributed by atoms with E-state index >= 15 is 0 Å². The van der Waals surface area contributed by atoms with Gasteiger partial charge in [-0.25, -0.2) is 15.5 Å². The number of nitrogens with two attached hydrogens (primary N) is 2. The Labute approximate surface area is 209 Å². The van der Waals surface area contributed by atoms with E-state index in [1.807, 2.05) is 0 Å². The molecule has 0 spiro atoms. The van der Waals surface area contributed by atoms with Gasteiger partial charge >= 0.3 is 12.1 Å². The number of nitrogens with zero attached hydrogens (tertiary/aromatic N) is 3. The molecule has 0 radical (unpaired) electrons. The highest BCUT2D eigenvalue weighted by Crippen LogP contribution is 2.34. The zero-order chi connectivity index (χ0) is 26.9. The number of carbonyl (C=O) groups is 3. The van der Waals surface area contributed by atoms with Gasteiger partial charge in [0.1, 0.15) is 29.0 Å². The average Bonchev–Trinajstić information content (AvgIpc) is 3.09. The van der Waals surface area contributed by atoms with Gasteiger partial charge in [-0.3, -0.25) is 14.3 Å². The number of aromatic nitrogens is 2. The lowest BCUT2D eigenvalue weighted by Gasteiger charge is -2.47. The van der Waals surface area contributed by atoms with Crippen LogP contribution in [0.2, 0.25) is 0 Å². The van der Waals surface area contributed by atoms with Gasteiger partial charge in [0, 0.05) is 24.7 Å². The molecule has 0 unspecified atom stereocenters. The SMILES string of the molecule is CC(C)(C)OC(=O)[C@H](COc1ccc2nn(CC3(C(N)=O)CN(C(=O)OC(C)(C)C)C3)cc2c1)ON. The fourth-order valence-electron chi connectivity index (χ4n) is 3.71. The first kappa shape index (κ1) is 27.2. The molecule has 1 aliphatic heterocycles. The third-order valence-corrected chi connectivity index (χ3v) is 5.38. The predicted octanol–water partition coefficient (Wildman–Crippen LogP) is 1.74. The van der Waals surface area contributed by atoms with Crippen molar-refractivity contribution in [1.29, 1.82) is 0 Å². The molecule has 198 valence electrons. The summed E-state index contributed by atoms with van der Waals surface area (Å²) >= 11 is 0. The summed E-state index contributed by atoms with van der Waals surface area (Å²) in [6, 6.07) is 5.18. The smallest absolute Gasteiger partial charge is 0.410 e. The van der Waals surface area contributed by atoms with Gasteiger partial charge in [0.15, 0.2) is 0 Å². The normalized spacial score (nSPS) is 16.2. The zero-order valence-corrected chi connectivity index (χ0v) is 21.6. The summed E-state index contributed by atoms with van der Waals surface area (Å²) in [6.45, 7) is 10.9. The molecule has 1 aliphatic rings. The van der Waals surface area contributed by atoms with Crippen molar-refractivity contribution in [3.8, 4) is 5.75 Å².